The second kappa shape index (κ2) is 8.35. The van der Waals surface area contributed by atoms with Gasteiger partial charge in [-0.3, -0.25) is 4.99 Å². The first-order valence-electron chi connectivity index (χ1n) is 6.23. The number of hydrogen-bond acceptors (Lipinski definition) is 2. The van der Waals surface area contributed by atoms with Crippen LogP contribution in [-0.4, -0.2) is 43.7 Å². The molecule has 0 aromatic heterocycles. The van der Waals surface area contributed by atoms with Crippen LogP contribution in [0, 0.1) is 11.6 Å². The predicted molar refractivity (Wildman–Crippen MR) is 84.4 cm³/mol. The van der Waals surface area contributed by atoms with E-state index in [9.17, 15) is 8.78 Å². The van der Waals surface area contributed by atoms with E-state index in [4.69, 9.17) is 10.5 Å². The first-order chi connectivity index (χ1) is 9.15. The third-order valence-electron chi connectivity index (χ3n) is 2.93. The Bertz CT molecular complexity index is 445. The molecule has 0 radical (unpaired) electrons. The zero-order valence-electron chi connectivity index (χ0n) is 11.0. The number of hydrogen-bond donors (Lipinski definition) is 1. The van der Waals surface area contributed by atoms with Crippen LogP contribution in [0.2, 0.25) is 0 Å². The van der Waals surface area contributed by atoms with Gasteiger partial charge in [0, 0.05) is 25.7 Å². The minimum absolute atomic E-state index is 0. The largest absolute Gasteiger partial charge is 0.378 e. The summed E-state index contributed by atoms with van der Waals surface area (Å²) in [6.07, 6.45) is 0.458. The average Bonchev–Trinajstić information content (AvgIpc) is 2.38. The van der Waals surface area contributed by atoms with Gasteiger partial charge < -0.3 is 15.4 Å². The SMILES string of the molecule is I.NC(=NCCc1cc(F)cc(F)c1)N1CCOCC1. The lowest BCUT2D eigenvalue weighted by Gasteiger charge is -2.27. The lowest BCUT2D eigenvalue weighted by Crippen LogP contribution is -2.44. The quantitative estimate of drug-likeness (QED) is 0.481. The number of aliphatic imine (C=N–C) groups is 1. The summed E-state index contributed by atoms with van der Waals surface area (Å²) in [4.78, 5) is 6.16. The van der Waals surface area contributed by atoms with E-state index in [1.807, 2.05) is 4.90 Å². The highest BCUT2D eigenvalue weighted by molar-refractivity contribution is 14.0. The highest BCUT2D eigenvalue weighted by Gasteiger charge is 2.11. The molecule has 1 aliphatic rings. The molecule has 1 fully saturated rings. The third kappa shape index (κ3) is 5.20. The Kier molecular flexibility index (Phi) is 7.14. The number of nitrogens with two attached hydrogens (primary N) is 1. The monoisotopic (exact) mass is 397 g/mol. The molecule has 1 saturated heterocycles. The van der Waals surface area contributed by atoms with Crippen molar-refractivity contribution in [1.29, 1.82) is 0 Å². The minimum atomic E-state index is -0.569. The molecule has 4 nitrogen and oxygen atoms in total. The van der Waals surface area contributed by atoms with Gasteiger partial charge in [-0.25, -0.2) is 8.78 Å². The van der Waals surface area contributed by atoms with Crippen LogP contribution >= 0.6 is 24.0 Å². The Balaban J connectivity index is 0.00000200. The fraction of sp³-hybridized carbons (Fsp3) is 0.462. The number of ether oxygens (including phenoxy) is 1. The lowest BCUT2D eigenvalue weighted by atomic mass is 10.1. The van der Waals surface area contributed by atoms with Crippen LogP contribution in [0.25, 0.3) is 0 Å². The van der Waals surface area contributed by atoms with Crippen molar-refractivity contribution in [3.05, 3.63) is 35.4 Å². The van der Waals surface area contributed by atoms with E-state index in [0.717, 1.165) is 19.2 Å². The Hall–Kier alpha value is -0.960. The van der Waals surface area contributed by atoms with E-state index in [0.29, 0.717) is 37.7 Å². The molecule has 1 heterocycles. The van der Waals surface area contributed by atoms with Crippen LogP contribution in [0.1, 0.15) is 5.56 Å². The minimum Gasteiger partial charge on any atom is -0.378 e. The van der Waals surface area contributed by atoms with Crippen LogP contribution in [-0.2, 0) is 11.2 Å². The average molecular weight is 397 g/mol. The maximum atomic E-state index is 13.0. The summed E-state index contributed by atoms with van der Waals surface area (Å²) in [5, 5.41) is 0. The van der Waals surface area contributed by atoms with Crippen molar-refractivity contribution in [2.24, 2.45) is 10.7 Å². The van der Waals surface area contributed by atoms with E-state index in [2.05, 4.69) is 4.99 Å². The molecule has 2 N–H and O–H groups in total. The Morgan fingerprint density at radius 3 is 2.40 bits per heavy atom. The van der Waals surface area contributed by atoms with Crippen LogP contribution in [0.4, 0.5) is 8.78 Å². The molecule has 1 aromatic rings. The van der Waals surface area contributed by atoms with Crippen molar-refractivity contribution in [2.75, 3.05) is 32.8 Å². The summed E-state index contributed by atoms with van der Waals surface area (Å²) in [7, 11) is 0. The van der Waals surface area contributed by atoms with Gasteiger partial charge in [-0.15, -0.1) is 24.0 Å². The standard InChI is InChI=1S/C13H17F2N3O.HI/c14-11-7-10(8-12(15)9-11)1-2-17-13(16)18-3-5-19-6-4-18;/h7-9H,1-6H2,(H2,16,17);1H. The molecule has 0 aliphatic carbocycles. The Labute approximate surface area is 134 Å². The summed E-state index contributed by atoms with van der Waals surface area (Å²) in [5.41, 5.74) is 6.42. The van der Waals surface area contributed by atoms with Gasteiger partial charge in [0.1, 0.15) is 11.6 Å². The normalized spacial score (nSPS) is 15.9. The first kappa shape index (κ1) is 17.1. The molecule has 112 valence electrons. The zero-order valence-corrected chi connectivity index (χ0v) is 13.3. The van der Waals surface area contributed by atoms with Gasteiger partial charge in [-0.05, 0) is 24.1 Å². The molecule has 7 heteroatoms. The molecular formula is C13H18F2IN3O. The molecule has 0 atom stereocenters. The number of rotatable bonds is 3. The third-order valence-corrected chi connectivity index (χ3v) is 2.93. The summed E-state index contributed by atoms with van der Waals surface area (Å²) in [6, 6.07) is 3.47. The molecule has 0 amide bonds. The van der Waals surface area contributed by atoms with Crippen molar-refractivity contribution in [1.82, 2.24) is 4.90 Å². The second-order valence-corrected chi connectivity index (χ2v) is 4.37. The van der Waals surface area contributed by atoms with Gasteiger partial charge in [0.2, 0.25) is 0 Å². The highest BCUT2D eigenvalue weighted by Crippen LogP contribution is 2.08. The van der Waals surface area contributed by atoms with Gasteiger partial charge in [-0.2, -0.15) is 0 Å². The molecular weight excluding hydrogens is 379 g/mol. The van der Waals surface area contributed by atoms with Crippen molar-refractivity contribution in [3.63, 3.8) is 0 Å². The van der Waals surface area contributed by atoms with E-state index >= 15 is 0 Å². The fourth-order valence-corrected chi connectivity index (χ4v) is 1.95. The molecule has 0 bridgehead atoms. The fourth-order valence-electron chi connectivity index (χ4n) is 1.95. The number of guanidine groups is 1. The van der Waals surface area contributed by atoms with E-state index < -0.39 is 11.6 Å². The van der Waals surface area contributed by atoms with Gasteiger partial charge in [-0.1, -0.05) is 0 Å². The zero-order chi connectivity index (χ0) is 13.7. The van der Waals surface area contributed by atoms with Gasteiger partial charge in [0.15, 0.2) is 5.96 Å². The summed E-state index contributed by atoms with van der Waals surface area (Å²) >= 11 is 0. The molecule has 1 aliphatic heterocycles. The van der Waals surface area contributed by atoms with Crippen LogP contribution in [0.15, 0.2) is 23.2 Å². The van der Waals surface area contributed by atoms with Crippen molar-refractivity contribution in [2.45, 2.75) is 6.42 Å². The summed E-state index contributed by atoms with van der Waals surface area (Å²) in [6.45, 7) is 3.15. The van der Waals surface area contributed by atoms with Crippen molar-refractivity contribution in [3.8, 4) is 0 Å². The first-order valence-corrected chi connectivity index (χ1v) is 6.23. The van der Waals surface area contributed by atoms with Gasteiger partial charge >= 0.3 is 0 Å². The predicted octanol–water partition coefficient (Wildman–Crippen LogP) is 1.77. The Morgan fingerprint density at radius 2 is 1.80 bits per heavy atom. The number of morpholine rings is 1. The van der Waals surface area contributed by atoms with Crippen molar-refractivity contribution >= 4 is 29.9 Å². The molecule has 1 aromatic carbocycles. The maximum Gasteiger partial charge on any atom is 0.191 e. The van der Waals surface area contributed by atoms with E-state index in [1.165, 1.54) is 12.1 Å². The van der Waals surface area contributed by atoms with E-state index in [1.54, 1.807) is 0 Å². The molecule has 0 saturated carbocycles. The lowest BCUT2D eigenvalue weighted by molar-refractivity contribution is 0.0674. The van der Waals surface area contributed by atoms with Crippen LogP contribution < -0.4 is 5.73 Å². The summed E-state index contributed by atoms with van der Waals surface area (Å²) in [5.74, 6) is -0.680. The highest BCUT2D eigenvalue weighted by atomic mass is 127. The molecule has 20 heavy (non-hydrogen) atoms. The number of benzene rings is 1. The molecule has 2 rings (SSSR count). The van der Waals surface area contributed by atoms with Gasteiger partial charge in [0.05, 0.1) is 13.2 Å². The van der Waals surface area contributed by atoms with Crippen LogP contribution in [0.3, 0.4) is 0 Å². The second-order valence-electron chi connectivity index (χ2n) is 4.37. The maximum absolute atomic E-state index is 13.0. The van der Waals surface area contributed by atoms with E-state index in [-0.39, 0.29) is 24.0 Å². The number of nitrogens with zero attached hydrogens (tertiary/aromatic N) is 2. The molecule has 0 unspecified atom stereocenters. The summed E-state index contributed by atoms with van der Waals surface area (Å²) < 4.78 is 31.2. The van der Waals surface area contributed by atoms with Crippen molar-refractivity contribution < 1.29 is 13.5 Å². The smallest absolute Gasteiger partial charge is 0.191 e. The van der Waals surface area contributed by atoms with Gasteiger partial charge in [0.25, 0.3) is 0 Å². The van der Waals surface area contributed by atoms with Crippen LogP contribution in [0.5, 0.6) is 0 Å². The molecule has 0 spiro atoms. The Morgan fingerprint density at radius 1 is 1.20 bits per heavy atom. The number of halogens is 3. The topological polar surface area (TPSA) is 50.8 Å².